The van der Waals surface area contributed by atoms with Crippen LogP contribution in [0.1, 0.15) is 50.5 Å². The van der Waals surface area contributed by atoms with E-state index in [0.717, 1.165) is 12.1 Å². The van der Waals surface area contributed by atoms with Crippen LogP contribution in [-0.2, 0) is 24.7 Å². The van der Waals surface area contributed by atoms with Gasteiger partial charge >= 0.3 is 6.18 Å². The van der Waals surface area contributed by atoms with Gasteiger partial charge in [0.15, 0.2) is 11.8 Å². The third-order valence-corrected chi connectivity index (χ3v) is 3.54. The van der Waals surface area contributed by atoms with E-state index in [1.165, 1.54) is 6.07 Å². The maximum Gasteiger partial charge on any atom is 0.416 e. The van der Waals surface area contributed by atoms with Crippen LogP contribution in [0.5, 0.6) is 0 Å². The number of aromatic nitrogens is 2. The second-order valence-electron chi connectivity index (χ2n) is 7.01. The maximum atomic E-state index is 12.8. The van der Waals surface area contributed by atoms with Crippen molar-refractivity contribution in [3.8, 4) is 0 Å². The van der Waals surface area contributed by atoms with Crippen LogP contribution in [0.2, 0.25) is 0 Å². The Kier molecular flexibility index (Phi) is 6.45. The van der Waals surface area contributed by atoms with Crippen LogP contribution in [0.3, 0.4) is 0 Å². The van der Waals surface area contributed by atoms with Gasteiger partial charge in [-0.15, -0.1) is 0 Å². The van der Waals surface area contributed by atoms with Crippen molar-refractivity contribution in [1.29, 1.82) is 0 Å². The molecule has 9 heteroatoms. The van der Waals surface area contributed by atoms with Crippen molar-refractivity contribution in [1.82, 2.24) is 20.8 Å². The Morgan fingerprint density at radius 2 is 1.93 bits per heavy atom. The largest absolute Gasteiger partial charge is 0.416 e. The second kappa shape index (κ2) is 8.41. The molecule has 0 aliphatic carbocycles. The van der Waals surface area contributed by atoms with Crippen LogP contribution >= 0.6 is 0 Å². The molecule has 0 bridgehead atoms. The number of halogens is 3. The van der Waals surface area contributed by atoms with E-state index in [-0.39, 0.29) is 18.5 Å². The summed E-state index contributed by atoms with van der Waals surface area (Å²) < 4.78 is 43.6. The van der Waals surface area contributed by atoms with Crippen LogP contribution < -0.4 is 10.6 Å². The average Bonchev–Trinajstić information content (AvgIpc) is 3.06. The van der Waals surface area contributed by atoms with Crippen molar-refractivity contribution >= 4 is 5.96 Å². The summed E-state index contributed by atoms with van der Waals surface area (Å²) in [6.45, 7) is 8.81. The molecule has 0 saturated carbocycles. The third kappa shape index (κ3) is 6.26. The van der Waals surface area contributed by atoms with Gasteiger partial charge < -0.3 is 15.2 Å². The highest BCUT2D eigenvalue weighted by atomic mass is 19.4. The predicted molar refractivity (Wildman–Crippen MR) is 96.1 cm³/mol. The Hall–Kier alpha value is -2.58. The topological polar surface area (TPSA) is 75.3 Å². The summed E-state index contributed by atoms with van der Waals surface area (Å²) in [7, 11) is 0. The second-order valence-corrected chi connectivity index (χ2v) is 7.01. The molecule has 0 fully saturated rings. The summed E-state index contributed by atoms with van der Waals surface area (Å²) in [5.41, 5.74) is -0.459. The lowest BCUT2D eigenvalue weighted by Crippen LogP contribution is -2.37. The van der Waals surface area contributed by atoms with E-state index in [4.69, 9.17) is 4.52 Å². The van der Waals surface area contributed by atoms with Gasteiger partial charge in [-0.05, 0) is 24.6 Å². The van der Waals surface area contributed by atoms with Gasteiger partial charge in [0.1, 0.15) is 0 Å². The fourth-order valence-electron chi connectivity index (χ4n) is 2.15. The van der Waals surface area contributed by atoms with Crippen LogP contribution in [0, 0.1) is 0 Å². The number of nitrogens with zero attached hydrogens (tertiary/aromatic N) is 3. The fraction of sp³-hybridized carbons (Fsp3) is 0.500. The molecule has 27 heavy (non-hydrogen) atoms. The lowest BCUT2D eigenvalue weighted by atomic mass is 9.97. The molecule has 2 rings (SSSR count). The lowest BCUT2D eigenvalue weighted by molar-refractivity contribution is -0.137. The molecule has 0 spiro atoms. The van der Waals surface area contributed by atoms with Gasteiger partial charge in [0.05, 0.1) is 18.7 Å². The lowest BCUT2D eigenvalue weighted by Gasteiger charge is -2.11. The SMILES string of the molecule is CCNC(=NCc1cccc(C(F)(F)F)c1)NCc1noc(C(C)(C)C)n1. The smallest absolute Gasteiger partial charge is 0.357 e. The monoisotopic (exact) mass is 383 g/mol. The average molecular weight is 383 g/mol. The Morgan fingerprint density at radius 1 is 1.19 bits per heavy atom. The molecule has 6 nitrogen and oxygen atoms in total. The van der Waals surface area contributed by atoms with Gasteiger partial charge in [0.25, 0.3) is 0 Å². The molecule has 0 amide bonds. The van der Waals surface area contributed by atoms with Gasteiger partial charge in [-0.1, -0.05) is 38.1 Å². The first-order chi connectivity index (χ1) is 12.6. The van der Waals surface area contributed by atoms with E-state index in [2.05, 4.69) is 25.8 Å². The van der Waals surface area contributed by atoms with Gasteiger partial charge in [0.2, 0.25) is 5.89 Å². The molecule has 0 radical (unpaired) electrons. The van der Waals surface area contributed by atoms with Gasteiger partial charge in [-0.3, -0.25) is 0 Å². The van der Waals surface area contributed by atoms with E-state index in [0.29, 0.717) is 29.8 Å². The zero-order valence-corrected chi connectivity index (χ0v) is 15.8. The molecule has 0 saturated heterocycles. The minimum atomic E-state index is -4.37. The Labute approximate surface area is 156 Å². The van der Waals surface area contributed by atoms with Crippen LogP contribution in [0.4, 0.5) is 13.2 Å². The van der Waals surface area contributed by atoms with Crippen molar-refractivity contribution in [3.05, 3.63) is 47.1 Å². The number of nitrogens with one attached hydrogen (secondary N) is 2. The standard InChI is InChI=1S/C18H24F3N5O/c1-5-22-16(24-11-14-25-15(27-26-14)17(2,3)4)23-10-12-7-6-8-13(9-12)18(19,20)21/h6-9H,5,10-11H2,1-4H3,(H2,22,23,24). The molecule has 1 aromatic heterocycles. The van der Waals surface area contributed by atoms with Gasteiger partial charge in [-0.2, -0.15) is 18.2 Å². The molecule has 2 aromatic rings. The Morgan fingerprint density at radius 3 is 2.52 bits per heavy atom. The Bertz CT molecular complexity index is 778. The minimum Gasteiger partial charge on any atom is -0.357 e. The van der Waals surface area contributed by atoms with E-state index in [1.807, 2.05) is 27.7 Å². The highest BCUT2D eigenvalue weighted by molar-refractivity contribution is 5.79. The molecule has 1 aromatic carbocycles. The van der Waals surface area contributed by atoms with E-state index < -0.39 is 11.7 Å². The van der Waals surface area contributed by atoms with Gasteiger partial charge in [-0.25, -0.2) is 4.99 Å². The first kappa shape index (κ1) is 20.7. The number of aliphatic imine (C=N–C) groups is 1. The highest BCUT2D eigenvalue weighted by Gasteiger charge is 2.30. The summed E-state index contributed by atoms with van der Waals surface area (Å²) in [6.07, 6.45) is -4.37. The number of guanidine groups is 1. The summed E-state index contributed by atoms with van der Waals surface area (Å²) in [5.74, 6) is 1.46. The first-order valence-electron chi connectivity index (χ1n) is 8.61. The van der Waals surface area contributed by atoms with Crippen LogP contribution in [0.15, 0.2) is 33.8 Å². The number of hydrogen-bond donors (Lipinski definition) is 2. The normalized spacial score (nSPS) is 12.9. The highest BCUT2D eigenvalue weighted by Crippen LogP contribution is 2.29. The van der Waals surface area contributed by atoms with Crippen molar-refractivity contribution in [2.24, 2.45) is 4.99 Å². The summed E-state index contributed by atoms with van der Waals surface area (Å²) in [6, 6.07) is 5.13. The number of benzene rings is 1. The summed E-state index contributed by atoms with van der Waals surface area (Å²) >= 11 is 0. The molecule has 1 heterocycles. The molecule has 0 atom stereocenters. The molecule has 0 aliphatic rings. The van der Waals surface area contributed by atoms with E-state index >= 15 is 0 Å². The number of hydrogen-bond acceptors (Lipinski definition) is 4. The van der Waals surface area contributed by atoms with Gasteiger partial charge in [0, 0.05) is 12.0 Å². The first-order valence-corrected chi connectivity index (χ1v) is 8.61. The zero-order chi connectivity index (χ0) is 20.1. The van der Waals surface area contributed by atoms with Crippen LogP contribution in [-0.4, -0.2) is 22.6 Å². The maximum absolute atomic E-state index is 12.8. The molecular formula is C18H24F3N5O. The Balaban J connectivity index is 2.03. The molecule has 148 valence electrons. The fourth-order valence-corrected chi connectivity index (χ4v) is 2.15. The number of alkyl halides is 3. The molecule has 2 N–H and O–H groups in total. The molecular weight excluding hydrogens is 359 g/mol. The van der Waals surface area contributed by atoms with Crippen LogP contribution in [0.25, 0.3) is 0 Å². The summed E-state index contributed by atoms with van der Waals surface area (Å²) in [4.78, 5) is 8.64. The summed E-state index contributed by atoms with van der Waals surface area (Å²) in [5, 5.41) is 10.00. The van der Waals surface area contributed by atoms with Crippen molar-refractivity contribution in [3.63, 3.8) is 0 Å². The molecule has 0 aliphatic heterocycles. The van der Waals surface area contributed by atoms with E-state index in [9.17, 15) is 13.2 Å². The third-order valence-electron chi connectivity index (χ3n) is 3.54. The van der Waals surface area contributed by atoms with Crippen molar-refractivity contribution in [2.45, 2.75) is 52.4 Å². The van der Waals surface area contributed by atoms with E-state index in [1.54, 1.807) is 6.07 Å². The minimum absolute atomic E-state index is 0.110. The van der Waals surface area contributed by atoms with Crippen molar-refractivity contribution in [2.75, 3.05) is 6.54 Å². The number of rotatable bonds is 5. The predicted octanol–water partition coefficient (Wildman–Crippen LogP) is 3.64. The quantitative estimate of drug-likeness (QED) is 0.609. The molecule has 0 unspecified atom stereocenters. The zero-order valence-electron chi connectivity index (χ0n) is 15.8. The van der Waals surface area contributed by atoms with Crippen molar-refractivity contribution < 1.29 is 17.7 Å².